The maximum Gasteiger partial charge on any atom is 0.269 e. The number of hydrogen-bond donors (Lipinski definition) is 0. The van der Waals surface area contributed by atoms with Crippen molar-refractivity contribution in [1.82, 2.24) is 4.98 Å². The third-order valence-corrected chi connectivity index (χ3v) is 5.07. The molecule has 0 radical (unpaired) electrons. The number of hydrogen-bond acceptors (Lipinski definition) is 5. The lowest BCUT2D eigenvalue weighted by Crippen LogP contribution is -1.86. The van der Waals surface area contributed by atoms with Crippen molar-refractivity contribution in [1.29, 1.82) is 0 Å². The molecule has 0 saturated heterocycles. The smallest absolute Gasteiger partial charge is 0.269 e. The molecule has 0 amide bonds. The molecule has 148 valence electrons. The second-order valence-electron chi connectivity index (χ2n) is 6.26. The van der Waals surface area contributed by atoms with Crippen LogP contribution in [0.4, 0.5) is 11.4 Å². The number of aliphatic imine (C=N–C) groups is 1. The number of rotatable bonds is 5. The summed E-state index contributed by atoms with van der Waals surface area (Å²) in [6.07, 6.45) is 5.20. The van der Waals surface area contributed by atoms with Crippen LogP contribution in [0.15, 0.2) is 76.1 Å². The highest BCUT2D eigenvalue weighted by molar-refractivity contribution is 6.43. The van der Waals surface area contributed by atoms with Gasteiger partial charge in [-0.3, -0.25) is 15.1 Å². The number of nitro groups is 1. The van der Waals surface area contributed by atoms with Gasteiger partial charge < -0.3 is 4.42 Å². The fourth-order valence-electron chi connectivity index (χ4n) is 2.77. The van der Waals surface area contributed by atoms with Crippen LogP contribution in [0, 0.1) is 10.1 Å². The Bertz CT molecular complexity index is 1290. The molecule has 0 bridgehead atoms. The van der Waals surface area contributed by atoms with E-state index < -0.39 is 4.92 Å². The number of oxazole rings is 1. The van der Waals surface area contributed by atoms with Gasteiger partial charge in [-0.05, 0) is 54.1 Å². The molecule has 4 aromatic rings. The number of halogens is 2. The average molecular weight is 438 g/mol. The van der Waals surface area contributed by atoms with E-state index in [-0.39, 0.29) is 5.69 Å². The van der Waals surface area contributed by atoms with Crippen LogP contribution in [-0.4, -0.2) is 16.1 Å². The van der Waals surface area contributed by atoms with Gasteiger partial charge in [0.15, 0.2) is 5.58 Å². The minimum atomic E-state index is -0.430. The number of nitrogens with zero attached hydrogens (tertiary/aromatic N) is 3. The second kappa shape index (κ2) is 8.49. The highest BCUT2D eigenvalue weighted by Gasteiger charge is 2.13. The zero-order valence-corrected chi connectivity index (χ0v) is 16.8. The van der Waals surface area contributed by atoms with E-state index in [9.17, 15) is 10.1 Å². The molecule has 0 spiro atoms. The van der Waals surface area contributed by atoms with E-state index in [0.717, 1.165) is 5.56 Å². The summed E-state index contributed by atoms with van der Waals surface area (Å²) in [5.74, 6) is 0.386. The monoisotopic (exact) mass is 437 g/mol. The number of nitro benzene ring substituents is 1. The van der Waals surface area contributed by atoms with Crippen molar-refractivity contribution in [2.24, 2.45) is 4.99 Å². The average Bonchev–Trinajstić information content (AvgIpc) is 3.16. The second-order valence-corrected chi connectivity index (χ2v) is 7.04. The van der Waals surface area contributed by atoms with Crippen molar-refractivity contribution in [3.8, 4) is 11.5 Å². The summed E-state index contributed by atoms with van der Waals surface area (Å²) in [5.41, 5.74) is 3.48. The topological polar surface area (TPSA) is 81.5 Å². The highest BCUT2D eigenvalue weighted by atomic mass is 35.5. The zero-order chi connectivity index (χ0) is 21.1. The molecule has 0 fully saturated rings. The van der Waals surface area contributed by atoms with E-state index >= 15 is 0 Å². The predicted octanol–water partition coefficient (Wildman–Crippen LogP) is 7.13. The minimum Gasteiger partial charge on any atom is -0.436 e. The summed E-state index contributed by atoms with van der Waals surface area (Å²) >= 11 is 12.3. The Hall–Kier alpha value is -3.48. The van der Waals surface area contributed by atoms with Crippen LogP contribution in [0.3, 0.4) is 0 Å². The first-order valence-electron chi connectivity index (χ1n) is 8.81. The molecular weight excluding hydrogens is 425 g/mol. The molecule has 1 heterocycles. The summed E-state index contributed by atoms with van der Waals surface area (Å²) in [6.45, 7) is 0. The molecular formula is C22H13Cl2N3O3. The molecule has 0 aliphatic carbocycles. The molecule has 8 heteroatoms. The van der Waals surface area contributed by atoms with Crippen LogP contribution in [0.5, 0.6) is 0 Å². The zero-order valence-electron chi connectivity index (χ0n) is 15.3. The normalized spacial score (nSPS) is 11.7. The van der Waals surface area contributed by atoms with Gasteiger partial charge in [0.1, 0.15) is 5.52 Å². The number of benzene rings is 3. The summed E-state index contributed by atoms with van der Waals surface area (Å²) < 4.78 is 5.79. The van der Waals surface area contributed by atoms with E-state index in [1.807, 2.05) is 6.07 Å². The van der Waals surface area contributed by atoms with Crippen molar-refractivity contribution in [2.75, 3.05) is 0 Å². The van der Waals surface area contributed by atoms with E-state index in [1.54, 1.807) is 60.8 Å². The Morgan fingerprint density at radius 1 is 1.07 bits per heavy atom. The van der Waals surface area contributed by atoms with Gasteiger partial charge in [-0.1, -0.05) is 35.3 Å². The largest absolute Gasteiger partial charge is 0.436 e. The van der Waals surface area contributed by atoms with Crippen LogP contribution in [-0.2, 0) is 0 Å². The van der Waals surface area contributed by atoms with Crippen molar-refractivity contribution < 1.29 is 9.34 Å². The summed E-state index contributed by atoms with van der Waals surface area (Å²) in [4.78, 5) is 19.1. The first-order valence-corrected chi connectivity index (χ1v) is 9.57. The molecule has 4 rings (SSSR count). The fraction of sp³-hybridized carbons (Fsp3) is 0. The molecule has 0 unspecified atom stereocenters. The standard InChI is InChI=1S/C22H13Cl2N3O3/c23-18-5-1-4-17(21(18)24)22-26-19-13-15(8-11-20(19)30-22)25-12-2-3-14-6-9-16(10-7-14)27(28)29/h1-13H/b3-2+,25-12?. The van der Waals surface area contributed by atoms with Crippen molar-refractivity contribution >= 4 is 58.0 Å². The summed E-state index contributed by atoms with van der Waals surface area (Å²) in [5, 5.41) is 11.5. The maximum absolute atomic E-state index is 10.7. The van der Waals surface area contributed by atoms with Crippen molar-refractivity contribution in [3.05, 3.63) is 92.5 Å². The third-order valence-electron chi connectivity index (χ3n) is 4.26. The molecule has 6 nitrogen and oxygen atoms in total. The van der Waals surface area contributed by atoms with E-state index in [4.69, 9.17) is 27.6 Å². The predicted molar refractivity (Wildman–Crippen MR) is 120 cm³/mol. The van der Waals surface area contributed by atoms with Gasteiger partial charge in [-0.2, -0.15) is 0 Å². The molecule has 3 aromatic carbocycles. The summed E-state index contributed by atoms with van der Waals surface area (Å²) in [6, 6.07) is 16.9. The van der Waals surface area contributed by atoms with Gasteiger partial charge in [0.2, 0.25) is 5.89 Å². The molecule has 0 N–H and O–H groups in total. The van der Waals surface area contributed by atoms with Gasteiger partial charge in [0.25, 0.3) is 5.69 Å². The van der Waals surface area contributed by atoms with Crippen LogP contribution < -0.4 is 0 Å². The van der Waals surface area contributed by atoms with Crippen LogP contribution in [0.1, 0.15) is 5.56 Å². The van der Waals surface area contributed by atoms with Gasteiger partial charge in [0, 0.05) is 18.3 Å². The molecule has 0 atom stereocenters. The Morgan fingerprint density at radius 2 is 1.87 bits per heavy atom. The molecule has 0 saturated carbocycles. The van der Waals surface area contributed by atoms with E-state index in [1.165, 1.54) is 12.1 Å². The lowest BCUT2D eigenvalue weighted by Gasteiger charge is -2.00. The molecule has 0 aliphatic rings. The quantitative estimate of drug-likeness (QED) is 0.189. The molecule has 1 aromatic heterocycles. The number of aromatic nitrogens is 1. The maximum atomic E-state index is 10.7. The Kier molecular flexibility index (Phi) is 5.61. The Labute approximate surface area is 181 Å². The number of fused-ring (bicyclic) bond motifs is 1. The minimum absolute atomic E-state index is 0.0557. The van der Waals surface area contributed by atoms with Crippen molar-refractivity contribution in [3.63, 3.8) is 0 Å². The van der Waals surface area contributed by atoms with Gasteiger partial charge in [0.05, 0.1) is 26.2 Å². The Balaban J connectivity index is 1.52. The van der Waals surface area contributed by atoms with Crippen molar-refractivity contribution in [2.45, 2.75) is 0 Å². The van der Waals surface area contributed by atoms with Gasteiger partial charge in [-0.25, -0.2) is 4.98 Å². The molecule has 30 heavy (non-hydrogen) atoms. The van der Waals surface area contributed by atoms with Crippen LogP contribution in [0.25, 0.3) is 28.6 Å². The number of non-ortho nitro benzene ring substituents is 1. The molecule has 0 aliphatic heterocycles. The fourth-order valence-corrected chi connectivity index (χ4v) is 3.15. The van der Waals surface area contributed by atoms with Gasteiger partial charge in [-0.15, -0.1) is 0 Å². The Morgan fingerprint density at radius 3 is 2.63 bits per heavy atom. The lowest BCUT2D eigenvalue weighted by molar-refractivity contribution is -0.384. The third kappa shape index (κ3) is 4.25. The van der Waals surface area contributed by atoms with E-state index in [2.05, 4.69) is 9.98 Å². The highest BCUT2D eigenvalue weighted by Crippen LogP contribution is 2.35. The first kappa shape index (κ1) is 19.8. The number of allylic oxidation sites excluding steroid dienone is 1. The first-order chi connectivity index (χ1) is 14.5. The SMILES string of the molecule is O=[N+]([O-])c1ccc(/C=C/C=Nc2ccc3oc(-c4cccc(Cl)c4Cl)nc3c2)cc1. The lowest BCUT2D eigenvalue weighted by atomic mass is 10.2. The van der Waals surface area contributed by atoms with Gasteiger partial charge >= 0.3 is 0 Å². The summed E-state index contributed by atoms with van der Waals surface area (Å²) in [7, 11) is 0. The van der Waals surface area contributed by atoms with Crippen LogP contribution in [0.2, 0.25) is 10.0 Å². The van der Waals surface area contributed by atoms with Crippen LogP contribution >= 0.6 is 23.2 Å². The van der Waals surface area contributed by atoms with E-state index in [0.29, 0.717) is 38.3 Å².